The molecule has 4 heteroatoms. The quantitative estimate of drug-likeness (QED) is 0.810. The second-order valence-corrected chi connectivity index (χ2v) is 5.47. The Labute approximate surface area is 108 Å². The molecule has 2 rings (SSSR count). The van der Waals surface area contributed by atoms with Crippen LogP contribution in [0.5, 0.6) is 0 Å². The summed E-state index contributed by atoms with van der Waals surface area (Å²) in [6, 6.07) is 4.84. The number of halogens is 1. The molecule has 0 amide bonds. The van der Waals surface area contributed by atoms with E-state index in [1.807, 2.05) is 6.92 Å². The maximum atomic E-state index is 13.2. The molecule has 2 unspecified atom stereocenters. The van der Waals surface area contributed by atoms with Crippen LogP contribution in [-0.2, 0) is 4.74 Å². The standard InChI is InChI=1S/C14H21FN2O/c1-4-18-13-8-12(14(13,2)3)17-11-6-9(15)5-10(16)7-11/h5-7,12-13,17H,4,8,16H2,1-3H3. The predicted molar refractivity (Wildman–Crippen MR) is 72.0 cm³/mol. The summed E-state index contributed by atoms with van der Waals surface area (Å²) in [4.78, 5) is 0. The molecule has 0 heterocycles. The van der Waals surface area contributed by atoms with Crippen LogP contribution in [-0.4, -0.2) is 18.8 Å². The first-order valence-corrected chi connectivity index (χ1v) is 6.37. The lowest BCUT2D eigenvalue weighted by molar-refractivity contribution is -0.0975. The minimum atomic E-state index is -0.309. The summed E-state index contributed by atoms with van der Waals surface area (Å²) in [5.41, 5.74) is 6.86. The van der Waals surface area contributed by atoms with Crippen molar-refractivity contribution in [3.8, 4) is 0 Å². The van der Waals surface area contributed by atoms with Crippen molar-refractivity contribution in [1.82, 2.24) is 0 Å². The van der Waals surface area contributed by atoms with Gasteiger partial charge >= 0.3 is 0 Å². The van der Waals surface area contributed by atoms with Gasteiger partial charge in [-0.15, -0.1) is 0 Å². The molecule has 0 aromatic heterocycles. The van der Waals surface area contributed by atoms with E-state index in [0.29, 0.717) is 5.69 Å². The zero-order chi connectivity index (χ0) is 13.3. The van der Waals surface area contributed by atoms with Gasteiger partial charge in [-0.3, -0.25) is 0 Å². The zero-order valence-corrected chi connectivity index (χ0v) is 11.2. The molecule has 0 aliphatic heterocycles. The van der Waals surface area contributed by atoms with Crippen molar-refractivity contribution in [2.24, 2.45) is 5.41 Å². The Morgan fingerprint density at radius 2 is 2.17 bits per heavy atom. The van der Waals surface area contributed by atoms with Crippen molar-refractivity contribution < 1.29 is 9.13 Å². The maximum absolute atomic E-state index is 13.2. The van der Waals surface area contributed by atoms with E-state index < -0.39 is 0 Å². The lowest BCUT2D eigenvalue weighted by Gasteiger charge is -2.52. The fraction of sp³-hybridized carbons (Fsp3) is 0.571. The van der Waals surface area contributed by atoms with Crippen LogP contribution in [0.15, 0.2) is 18.2 Å². The number of anilines is 2. The molecule has 0 bridgehead atoms. The van der Waals surface area contributed by atoms with Gasteiger partial charge in [-0.05, 0) is 31.5 Å². The second-order valence-electron chi connectivity index (χ2n) is 5.47. The summed E-state index contributed by atoms with van der Waals surface area (Å²) in [6.45, 7) is 7.06. The SMILES string of the molecule is CCOC1CC(Nc2cc(N)cc(F)c2)C1(C)C. The molecule has 1 aliphatic carbocycles. The molecule has 3 N–H and O–H groups in total. The summed E-state index contributed by atoms with van der Waals surface area (Å²) < 4.78 is 18.9. The van der Waals surface area contributed by atoms with Gasteiger partial charge in [0.15, 0.2) is 0 Å². The van der Waals surface area contributed by atoms with Crippen molar-refractivity contribution in [2.45, 2.75) is 39.3 Å². The molecule has 1 aliphatic rings. The molecule has 2 atom stereocenters. The van der Waals surface area contributed by atoms with Crippen LogP contribution < -0.4 is 11.1 Å². The molecular weight excluding hydrogens is 231 g/mol. The van der Waals surface area contributed by atoms with E-state index in [0.717, 1.165) is 18.7 Å². The van der Waals surface area contributed by atoms with Crippen molar-refractivity contribution in [1.29, 1.82) is 0 Å². The van der Waals surface area contributed by atoms with E-state index in [9.17, 15) is 4.39 Å². The normalized spacial score (nSPS) is 25.6. The first-order chi connectivity index (χ1) is 8.43. The van der Waals surface area contributed by atoms with Gasteiger partial charge in [0, 0.05) is 29.4 Å². The molecule has 1 saturated carbocycles. The highest BCUT2D eigenvalue weighted by atomic mass is 19.1. The van der Waals surface area contributed by atoms with E-state index in [-0.39, 0.29) is 23.4 Å². The molecule has 3 nitrogen and oxygen atoms in total. The molecule has 1 aromatic carbocycles. The lowest BCUT2D eigenvalue weighted by Crippen LogP contribution is -2.58. The van der Waals surface area contributed by atoms with E-state index in [2.05, 4.69) is 19.2 Å². The number of ether oxygens (including phenoxy) is 1. The average Bonchev–Trinajstić information content (AvgIpc) is 2.26. The highest BCUT2D eigenvalue weighted by Gasteiger charge is 2.48. The Morgan fingerprint density at radius 1 is 1.44 bits per heavy atom. The Morgan fingerprint density at radius 3 is 2.72 bits per heavy atom. The summed E-state index contributed by atoms with van der Waals surface area (Å²) in [6.07, 6.45) is 1.21. The van der Waals surface area contributed by atoms with Gasteiger partial charge in [-0.1, -0.05) is 13.8 Å². The van der Waals surface area contributed by atoms with E-state index in [1.165, 1.54) is 12.1 Å². The Kier molecular flexibility index (Phi) is 3.48. The van der Waals surface area contributed by atoms with Crippen molar-refractivity contribution >= 4 is 11.4 Å². The third kappa shape index (κ3) is 2.43. The number of benzene rings is 1. The highest BCUT2D eigenvalue weighted by molar-refractivity contribution is 5.55. The van der Waals surface area contributed by atoms with Gasteiger partial charge in [0.2, 0.25) is 0 Å². The smallest absolute Gasteiger partial charge is 0.127 e. The largest absolute Gasteiger partial charge is 0.399 e. The van der Waals surface area contributed by atoms with Gasteiger partial charge in [-0.2, -0.15) is 0 Å². The zero-order valence-electron chi connectivity index (χ0n) is 11.2. The summed E-state index contributed by atoms with van der Waals surface area (Å²) >= 11 is 0. The summed E-state index contributed by atoms with van der Waals surface area (Å²) in [5, 5.41) is 3.34. The third-order valence-corrected chi connectivity index (χ3v) is 3.81. The van der Waals surface area contributed by atoms with Gasteiger partial charge in [0.1, 0.15) is 5.82 Å². The van der Waals surface area contributed by atoms with Gasteiger partial charge in [0.25, 0.3) is 0 Å². The van der Waals surface area contributed by atoms with Crippen molar-refractivity contribution in [2.75, 3.05) is 17.7 Å². The Bertz CT molecular complexity index is 414. The fourth-order valence-corrected chi connectivity index (χ4v) is 2.51. The monoisotopic (exact) mass is 252 g/mol. The Hall–Kier alpha value is -1.29. The number of rotatable bonds is 4. The molecular formula is C14H21FN2O. The van der Waals surface area contributed by atoms with Crippen LogP contribution in [0.3, 0.4) is 0 Å². The van der Waals surface area contributed by atoms with Crippen LogP contribution in [0.4, 0.5) is 15.8 Å². The number of nitrogens with two attached hydrogens (primary N) is 1. The molecule has 100 valence electrons. The van der Waals surface area contributed by atoms with Crippen molar-refractivity contribution in [3.63, 3.8) is 0 Å². The molecule has 1 aromatic rings. The highest BCUT2D eigenvalue weighted by Crippen LogP contribution is 2.44. The van der Waals surface area contributed by atoms with Gasteiger partial charge < -0.3 is 15.8 Å². The van der Waals surface area contributed by atoms with Crippen LogP contribution in [0.25, 0.3) is 0 Å². The third-order valence-electron chi connectivity index (χ3n) is 3.81. The van der Waals surface area contributed by atoms with E-state index in [4.69, 9.17) is 10.5 Å². The molecule has 18 heavy (non-hydrogen) atoms. The minimum Gasteiger partial charge on any atom is -0.399 e. The number of hydrogen-bond donors (Lipinski definition) is 2. The van der Waals surface area contributed by atoms with Crippen molar-refractivity contribution in [3.05, 3.63) is 24.0 Å². The molecule has 0 saturated heterocycles. The maximum Gasteiger partial charge on any atom is 0.127 e. The average molecular weight is 252 g/mol. The summed E-state index contributed by atoms with van der Waals surface area (Å²) in [7, 11) is 0. The van der Waals surface area contributed by atoms with Gasteiger partial charge in [0.05, 0.1) is 6.10 Å². The molecule has 1 fully saturated rings. The molecule has 0 radical (unpaired) electrons. The number of nitrogens with one attached hydrogen (secondary N) is 1. The van der Waals surface area contributed by atoms with Crippen LogP contribution in [0.2, 0.25) is 0 Å². The van der Waals surface area contributed by atoms with E-state index in [1.54, 1.807) is 6.07 Å². The Balaban J connectivity index is 2.03. The van der Waals surface area contributed by atoms with Crippen LogP contribution in [0.1, 0.15) is 27.2 Å². The summed E-state index contributed by atoms with van der Waals surface area (Å²) in [5.74, 6) is -0.309. The number of hydrogen-bond acceptors (Lipinski definition) is 3. The van der Waals surface area contributed by atoms with Gasteiger partial charge in [-0.25, -0.2) is 4.39 Å². The van der Waals surface area contributed by atoms with E-state index >= 15 is 0 Å². The molecule has 0 spiro atoms. The van der Waals surface area contributed by atoms with Crippen LogP contribution >= 0.6 is 0 Å². The van der Waals surface area contributed by atoms with Crippen LogP contribution in [0, 0.1) is 11.2 Å². The fourth-order valence-electron chi connectivity index (χ4n) is 2.51. The number of nitrogen functional groups attached to an aromatic ring is 1. The topological polar surface area (TPSA) is 47.3 Å². The second kappa shape index (κ2) is 4.76. The first kappa shape index (κ1) is 13.1. The predicted octanol–water partition coefficient (Wildman–Crippen LogP) is 3.02. The minimum absolute atomic E-state index is 0.0527. The first-order valence-electron chi connectivity index (χ1n) is 6.37. The lowest BCUT2D eigenvalue weighted by atomic mass is 9.64.